The molecular formula is C20H23BrN2O3S. The zero-order chi connectivity index (χ0) is 20.0. The van der Waals surface area contributed by atoms with Crippen LogP contribution in [0.2, 0.25) is 0 Å². The van der Waals surface area contributed by atoms with Crippen molar-refractivity contribution in [1.29, 1.82) is 0 Å². The second-order valence-corrected chi connectivity index (χ2v) is 7.70. The van der Waals surface area contributed by atoms with Gasteiger partial charge in [0.05, 0.1) is 23.5 Å². The lowest BCUT2D eigenvalue weighted by molar-refractivity contribution is 0.0972. The monoisotopic (exact) mass is 450 g/mol. The van der Waals surface area contributed by atoms with Crippen molar-refractivity contribution in [3.63, 3.8) is 0 Å². The molecule has 144 valence electrons. The van der Waals surface area contributed by atoms with Gasteiger partial charge in [0.2, 0.25) is 0 Å². The van der Waals surface area contributed by atoms with Gasteiger partial charge in [0.25, 0.3) is 5.91 Å². The Morgan fingerprint density at radius 2 is 1.63 bits per heavy atom. The van der Waals surface area contributed by atoms with Gasteiger partial charge in [-0.25, -0.2) is 0 Å². The van der Waals surface area contributed by atoms with E-state index in [1.165, 1.54) is 0 Å². The molecule has 2 aromatic rings. The highest BCUT2D eigenvalue weighted by Crippen LogP contribution is 2.26. The molecule has 7 heteroatoms. The SMILES string of the molecule is CC(C)Oc1ccccc1NC(=S)NC(=O)c1cc(Br)ccc1OC(C)C. The summed E-state index contributed by atoms with van der Waals surface area (Å²) in [5, 5.41) is 5.88. The molecular weight excluding hydrogens is 428 g/mol. The first-order valence-electron chi connectivity index (χ1n) is 8.60. The third kappa shape index (κ3) is 6.52. The standard InChI is InChI=1S/C20H23BrN2O3S/c1-12(2)25-17-10-9-14(21)11-15(17)19(24)23-20(27)22-16-7-5-6-8-18(16)26-13(3)4/h5-13H,1-4H3,(H2,22,23,24,27). The number of rotatable bonds is 6. The van der Waals surface area contributed by atoms with Crippen LogP contribution in [0.1, 0.15) is 38.1 Å². The number of para-hydroxylation sites is 2. The van der Waals surface area contributed by atoms with Crippen LogP contribution in [0, 0.1) is 0 Å². The first-order valence-corrected chi connectivity index (χ1v) is 9.80. The van der Waals surface area contributed by atoms with Crippen LogP contribution in [0.3, 0.4) is 0 Å². The lowest BCUT2D eigenvalue weighted by atomic mass is 10.2. The van der Waals surface area contributed by atoms with Gasteiger partial charge in [0.1, 0.15) is 11.5 Å². The third-order valence-electron chi connectivity index (χ3n) is 3.27. The Morgan fingerprint density at radius 3 is 2.30 bits per heavy atom. The predicted octanol–water partition coefficient (Wildman–Crippen LogP) is 5.15. The fourth-order valence-corrected chi connectivity index (χ4v) is 2.85. The number of benzene rings is 2. The van der Waals surface area contributed by atoms with E-state index >= 15 is 0 Å². The molecule has 2 N–H and O–H groups in total. The number of hydrogen-bond acceptors (Lipinski definition) is 4. The Labute approximate surface area is 173 Å². The lowest BCUT2D eigenvalue weighted by Crippen LogP contribution is -2.34. The van der Waals surface area contributed by atoms with Crippen molar-refractivity contribution in [1.82, 2.24) is 5.32 Å². The van der Waals surface area contributed by atoms with Crippen LogP contribution in [0.5, 0.6) is 11.5 Å². The number of ether oxygens (including phenoxy) is 2. The Morgan fingerprint density at radius 1 is 1.00 bits per heavy atom. The van der Waals surface area contributed by atoms with Crippen LogP contribution in [0.4, 0.5) is 5.69 Å². The molecule has 0 aliphatic heterocycles. The number of carbonyl (C=O) groups excluding carboxylic acids is 1. The van der Waals surface area contributed by atoms with Gasteiger partial charge in [-0.3, -0.25) is 10.1 Å². The zero-order valence-electron chi connectivity index (χ0n) is 15.7. The van der Waals surface area contributed by atoms with E-state index in [9.17, 15) is 4.79 Å². The number of carbonyl (C=O) groups is 1. The molecule has 0 atom stereocenters. The van der Waals surface area contributed by atoms with Crippen molar-refractivity contribution >= 4 is 44.9 Å². The molecule has 0 unspecified atom stereocenters. The van der Waals surface area contributed by atoms with E-state index in [1.54, 1.807) is 12.1 Å². The zero-order valence-corrected chi connectivity index (χ0v) is 18.1. The largest absolute Gasteiger partial charge is 0.490 e. The minimum Gasteiger partial charge on any atom is -0.490 e. The van der Waals surface area contributed by atoms with Gasteiger partial charge >= 0.3 is 0 Å². The lowest BCUT2D eigenvalue weighted by Gasteiger charge is -2.17. The topological polar surface area (TPSA) is 59.6 Å². The summed E-state index contributed by atoms with van der Waals surface area (Å²) in [6.45, 7) is 7.70. The van der Waals surface area contributed by atoms with Crippen molar-refractivity contribution in [2.45, 2.75) is 39.9 Å². The maximum Gasteiger partial charge on any atom is 0.261 e. The van der Waals surface area contributed by atoms with Crippen molar-refractivity contribution in [3.8, 4) is 11.5 Å². The molecule has 0 radical (unpaired) electrons. The first-order chi connectivity index (χ1) is 12.8. The smallest absolute Gasteiger partial charge is 0.261 e. The first kappa shape index (κ1) is 21.2. The average molecular weight is 451 g/mol. The summed E-state index contributed by atoms with van der Waals surface area (Å²) >= 11 is 8.68. The highest BCUT2D eigenvalue weighted by molar-refractivity contribution is 9.10. The van der Waals surface area contributed by atoms with E-state index in [4.69, 9.17) is 21.7 Å². The quantitative estimate of drug-likeness (QED) is 0.595. The fraction of sp³-hybridized carbons (Fsp3) is 0.300. The second kappa shape index (κ2) is 9.71. The van der Waals surface area contributed by atoms with Gasteiger partial charge in [-0.05, 0) is 70.2 Å². The molecule has 0 aliphatic carbocycles. The van der Waals surface area contributed by atoms with Crippen molar-refractivity contribution < 1.29 is 14.3 Å². The molecule has 0 aromatic heterocycles. The van der Waals surface area contributed by atoms with Crippen LogP contribution in [0.15, 0.2) is 46.9 Å². The average Bonchev–Trinajstić information content (AvgIpc) is 2.57. The molecule has 0 spiro atoms. The highest BCUT2D eigenvalue weighted by Gasteiger charge is 2.16. The summed E-state index contributed by atoms with van der Waals surface area (Å²) in [4.78, 5) is 12.7. The molecule has 27 heavy (non-hydrogen) atoms. The van der Waals surface area contributed by atoms with Crippen LogP contribution in [0.25, 0.3) is 0 Å². The van der Waals surface area contributed by atoms with Crippen LogP contribution in [-0.2, 0) is 0 Å². The van der Waals surface area contributed by atoms with E-state index in [0.717, 1.165) is 4.47 Å². The summed E-state index contributed by atoms with van der Waals surface area (Å²) in [6.07, 6.45) is -0.0311. The molecule has 0 saturated heterocycles. The van der Waals surface area contributed by atoms with Crippen LogP contribution >= 0.6 is 28.1 Å². The number of anilines is 1. The summed E-state index contributed by atoms with van der Waals surface area (Å²) < 4.78 is 12.2. The molecule has 0 bridgehead atoms. The molecule has 0 aliphatic rings. The maximum atomic E-state index is 12.7. The second-order valence-electron chi connectivity index (χ2n) is 6.38. The summed E-state index contributed by atoms with van der Waals surface area (Å²) in [6, 6.07) is 12.7. The van der Waals surface area contributed by atoms with E-state index < -0.39 is 0 Å². The predicted molar refractivity (Wildman–Crippen MR) is 116 cm³/mol. The molecule has 0 heterocycles. The number of nitrogens with one attached hydrogen (secondary N) is 2. The number of hydrogen-bond donors (Lipinski definition) is 2. The normalized spacial score (nSPS) is 10.6. The summed E-state index contributed by atoms with van der Waals surface area (Å²) in [7, 11) is 0. The fourth-order valence-electron chi connectivity index (χ4n) is 2.29. The van der Waals surface area contributed by atoms with Crippen molar-refractivity contribution in [2.24, 2.45) is 0 Å². The Bertz CT molecular complexity index is 825. The van der Waals surface area contributed by atoms with Gasteiger partial charge in [0, 0.05) is 4.47 Å². The molecule has 5 nitrogen and oxygen atoms in total. The highest BCUT2D eigenvalue weighted by atomic mass is 79.9. The van der Waals surface area contributed by atoms with Gasteiger partial charge in [0.15, 0.2) is 5.11 Å². The maximum absolute atomic E-state index is 12.7. The van der Waals surface area contributed by atoms with Gasteiger partial charge in [-0.15, -0.1) is 0 Å². The van der Waals surface area contributed by atoms with Gasteiger partial charge < -0.3 is 14.8 Å². The van der Waals surface area contributed by atoms with E-state index in [2.05, 4.69) is 26.6 Å². The number of halogens is 1. The Kier molecular flexibility index (Phi) is 7.62. The third-order valence-corrected chi connectivity index (χ3v) is 3.97. The summed E-state index contributed by atoms with van der Waals surface area (Å²) in [5.74, 6) is 0.805. The van der Waals surface area contributed by atoms with E-state index in [0.29, 0.717) is 22.7 Å². The molecule has 2 aromatic carbocycles. The number of amides is 1. The van der Waals surface area contributed by atoms with Crippen molar-refractivity contribution in [2.75, 3.05) is 5.32 Å². The minimum absolute atomic E-state index is 0.0218. The van der Waals surface area contributed by atoms with Gasteiger partial charge in [-0.2, -0.15) is 0 Å². The Balaban J connectivity index is 2.13. The number of thiocarbonyl (C=S) groups is 1. The van der Waals surface area contributed by atoms with Gasteiger partial charge in [-0.1, -0.05) is 28.1 Å². The molecule has 0 fully saturated rings. The molecule has 1 amide bonds. The van der Waals surface area contributed by atoms with E-state index in [1.807, 2.05) is 58.0 Å². The molecule has 2 rings (SSSR count). The summed E-state index contributed by atoms with van der Waals surface area (Å²) in [5.41, 5.74) is 1.08. The van der Waals surface area contributed by atoms with Crippen LogP contribution < -0.4 is 20.1 Å². The molecule has 0 saturated carbocycles. The van der Waals surface area contributed by atoms with E-state index in [-0.39, 0.29) is 23.2 Å². The van der Waals surface area contributed by atoms with Crippen molar-refractivity contribution in [3.05, 3.63) is 52.5 Å². The van der Waals surface area contributed by atoms with Crippen LogP contribution in [-0.4, -0.2) is 23.2 Å². The minimum atomic E-state index is -0.355. The Hall–Kier alpha value is -2.12.